The molecule has 0 aromatic heterocycles. The van der Waals surface area contributed by atoms with E-state index in [-0.39, 0.29) is 24.8 Å². The molecule has 0 saturated carbocycles. The molecular formula is C8H13Cl2Zr. The molecule has 11 heavy (non-hydrogen) atoms. The summed E-state index contributed by atoms with van der Waals surface area (Å²) in [5.74, 6) is 0. The number of allylic oxidation sites excluding steroid dienone is 4. The number of hydrogen-bond acceptors (Lipinski definition) is 0. The van der Waals surface area contributed by atoms with Crippen molar-refractivity contribution >= 4 is 24.8 Å². The van der Waals surface area contributed by atoms with Gasteiger partial charge in [-0.15, -0.1) is 24.8 Å². The van der Waals surface area contributed by atoms with Gasteiger partial charge in [0.05, 0.1) is 0 Å². The van der Waals surface area contributed by atoms with Crippen molar-refractivity contribution in [3.8, 4) is 0 Å². The summed E-state index contributed by atoms with van der Waals surface area (Å²) in [5, 5.41) is 0. The van der Waals surface area contributed by atoms with Gasteiger partial charge in [-0.2, -0.15) is 0 Å². The summed E-state index contributed by atoms with van der Waals surface area (Å²) in [5.41, 5.74) is 1.56. The summed E-state index contributed by atoms with van der Waals surface area (Å²) in [6.07, 6.45) is 8.49. The fourth-order valence-electron chi connectivity index (χ4n) is 1.05. The van der Waals surface area contributed by atoms with Crippen LogP contribution in [0.15, 0.2) is 21.0 Å². The van der Waals surface area contributed by atoms with Crippen LogP contribution in [-0.4, -0.2) is 0 Å². The molecule has 0 N–H and O–H groups in total. The van der Waals surface area contributed by atoms with Crippen molar-refractivity contribution < 1.29 is 24.7 Å². The second-order valence-electron chi connectivity index (χ2n) is 2.40. The monoisotopic (exact) mass is 269 g/mol. The first-order chi connectivity index (χ1) is 4.33. The molecule has 1 aliphatic carbocycles. The second kappa shape index (κ2) is 7.58. The summed E-state index contributed by atoms with van der Waals surface area (Å²) >= 11 is 1.59. The van der Waals surface area contributed by atoms with Crippen LogP contribution in [-0.2, 0) is 24.7 Å². The number of hydrogen-bond donors (Lipinski definition) is 0. The number of rotatable bonds is 2. The van der Waals surface area contributed by atoms with E-state index in [0.29, 0.717) is 0 Å². The molecule has 0 atom stereocenters. The minimum Gasteiger partial charge on any atom is -0.147 e. The van der Waals surface area contributed by atoms with Gasteiger partial charge in [-0.1, -0.05) is 0 Å². The summed E-state index contributed by atoms with van der Waals surface area (Å²) in [6.45, 7) is 2.23. The van der Waals surface area contributed by atoms with Crippen LogP contribution in [0.5, 0.6) is 0 Å². The van der Waals surface area contributed by atoms with Gasteiger partial charge in [0.25, 0.3) is 0 Å². The molecule has 0 spiro atoms. The normalized spacial score (nSPS) is 14.2. The minimum absolute atomic E-state index is 0. The van der Waals surface area contributed by atoms with E-state index in [1.807, 2.05) is 0 Å². The van der Waals surface area contributed by atoms with Crippen molar-refractivity contribution in [1.29, 1.82) is 0 Å². The summed E-state index contributed by atoms with van der Waals surface area (Å²) in [7, 11) is 0. The van der Waals surface area contributed by atoms with Crippen LogP contribution in [0.1, 0.15) is 26.2 Å². The Labute approximate surface area is 96.2 Å². The molecule has 0 aromatic rings. The molecule has 0 nitrogen and oxygen atoms in total. The average molecular weight is 271 g/mol. The van der Waals surface area contributed by atoms with Crippen LogP contribution >= 0.6 is 24.8 Å². The van der Waals surface area contributed by atoms with Gasteiger partial charge in [0, 0.05) is 0 Å². The smallest absolute Gasteiger partial charge is 0.147 e. The number of halogens is 2. The maximum absolute atomic E-state index is 2.35. The van der Waals surface area contributed by atoms with E-state index in [2.05, 4.69) is 19.1 Å². The van der Waals surface area contributed by atoms with E-state index < -0.39 is 0 Å². The average Bonchev–Trinajstić information content (AvgIpc) is 2.17. The van der Waals surface area contributed by atoms with Crippen molar-refractivity contribution in [2.75, 3.05) is 0 Å². The first-order valence-electron chi connectivity index (χ1n) is 3.44. The summed E-state index contributed by atoms with van der Waals surface area (Å²) in [6, 6.07) is 0. The Morgan fingerprint density at radius 3 is 2.45 bits per heavy atom. The Hall–Kier alpha value is 0.943. The Kier molecular flexibility index (Phi) is 9.97. The molecule has 0 aliphatic heterocycles. The van der Waals surface area contributed by atoms with E-state index in [4.69, 9.17) is 0 Å². The van der Waals surface area contributed by atoms with Gasteiger partial charge in [0.2, 0.25) is 0 Å². The zero-order chi connectivity index (χ0) is 6.69. The zero-order valence-electron chi connectivity index (χ0n) is 6.59. The molecule has 0 radical (unpaired) electrons. The molecule has 1 aliphatic rings. The Morgan fingerprint density at radius 2 is 2.09 bits per heavy atom. The third-order valence-electron chi connectivity index (χ3n) is 1.48. The zero-order valence-corrected chi connectivity index (χ0v) is 10.7. The second-order valence-corrected chi connectivity index (χ2v) is 3.98. The standard InChI is InChI=1S/C8H11.2ClH.Zr/c1-2-5-8-6-3-4-7-8;;;/h6-7H,2-3,5H2,1H3;2*1H;. The topological polar surface area (TPSA) is 0 Å². The molecule has 0 amide bonds. The van der Waals surface area contributed by atoms with Gasteiger partial charge in [-0.3, -0.25) is 0 Å². The van der Waals surface area contributed by atoms with Crippen molar-refractivity contribution in [2.45, 2.75) is 26.2 Å². The van der Waals surface area contributed by atoms with Gasteiger partial charge in [0.15, 0.2) is 0 Å². The van der Waals surface area contributed by atoms with Crippen LogP contribution < -0.4 is 0 Å². The Bertz CT molecular complexity index is 161. The van der Waals surface area contributed by atoms with Crippen molar-refractivity contribution in [3.63, 3.8) is 0 Å². The van der Waals surface area contributed by atoms with E-state index in [0.717, 1.165) is 0 Å². The van der Waals surface area contributed by atoms with Crippen LogP contribution in [0.3, 0.4) is 0 Å². The molecule has 0 unspecified atom stereocenters. The summed E-state index contributed by atoms with van der Waals surface area (Å²) in [4.78, 5) is 0. The van der Waals surface area contributed by atoms with Crippen LogP contribution in [0.25, 0.3) is 0 Å². The largest absolute Gasteiger partial charge is 0.147 e. The predicted octanol–water partition coefficient (Wildman–Crippen LogP) is 3.39. The minimum atomic E-state index is 0. The third kappa shape index (κ3) is 5.22. The maximum Gasteiger partial charge on any atom is -0.147 e. The van der Waals surface area contributed by atoms with Gasteiger partial charge in [0.1, 0.15) is 0 Å². The Balaban J connectivity index is 0. The van der Waals surface area contributed by atoms with Crippen molar-refractivity contribution in [3.05, 3.63) is 21.0 Å². The molecule has 0 heterocycles. The molecular weight excluding hydrogens is 258 g/mol. The molecule has 63 valence electrons. The molecule has 3 heteroatoms. The van der Waals surface area contributed by atoms with E-state index in [1.54, 1.807) is 33.6 Å². The van der Waals surface area contributed by atoms with Crippen LogP contribution in [0, 0.1) is 0 Å². The third-order valence-corrected chi connectivity index (χ3v) is 2.34. The quantitative estimate of drug-likeness (QED) is 0.722. The van der Waals surface area contributed by atoms with Crippen molar-refractivity contribution in [1.82, 2.24) is 0 Å². The molecule has 0 aromatic carbocycles. The first kappa shape index (κ1) is 14.5. The first-order valence-corrected chi connectivity index (χ1v) is 4.67. The van der Waals surface area contributed by atoms with E-state index in [1.165, 1.54) is 19.3 Å². The maximum atomic E-state index is 2.35. The summed E-state index contributed by atoms with van der Waals surface area (Å²) < 4.78 is 1.60. The predicted molar refractivity (Wildman–Crippen MR) is 50.2 cm³/mol. The van der Waals surface area contributed by atoms with Gasteiger partial charge < -0.3 is 0 Å². The molecule has 0 saturated heterocycles. The van der Waals surface area contributed by atoms with Crippen molar-refractivity contribution in [2.24, 2.45) is 0 Å². The SMILES string of the molecule is CCCC1=CC[C]([Zr])=C1.Cl.Cl. The Morgan fingerprint density at radius 1 is 1.45 bits per heavy atom. The van der Waals surface area contributed by atoms with Gasteiger partial charge >= 0.3 is 71.9 Å². The van der Waals surface area contributed by atoms with Crippen LogP contribution in [0.2, 0.25) is 0 Å². The fourth-order valence-corrected chi connectivity index (χ4v) is 1.75. The van der Waals surface area contributed by atoms with Crippen LogP contribution in [0.4, 0.5) is 0 Å². The molecule has 0 fully saturated rings. The van der Waals surface area contributed by atoms with Gasteiger partial charge in [-0.25, -0.2) is 0 Å². The molecule has 1 rings (SSSR count). The van der Waals surface area contributed by atoms with E-state index >= 15 is 0 Å². The van der Waals surface area contributed by atoms with Gasteiger partial charge in [-0.05, 0) is 0 Å². The molecule has 0 bridgehead atoms. The van der Waals surface area contributed by atoms with E-state index in [9.17, 15) is 0 Å². The fraction of sp³-hybridized carbons (Fsp3) is 0.500.